The fraction of sp³-hybridized carbons (Fsp3) is 0.714. The first-order valence-electron chi connectivity index (χ1n) is 6.67. The normalized spacial score (nSPS) is 13.4. The van der Waals surface area contributed by atoms with Crippen LogP contribution in [0.25, 0.3) is 0 Å². The van der Waals surface area contributed by atoms with Crippen LogP contribution < -0.4 is 11.1 Å². The fourth-order valence-electron chi connectivity index (χ4n) is 1.99. The highest BCUT2D eigenvalue weighted by Gasteiger charge is 2.27. The SMILES string of the molecule is Cc1nn(C)c(C)c1CCNC(=O)[C@@H](N)C(C)(C)C. The average molecular weight is 266 g/mol. The molecule has 1 aromatic rings. The number of carbonyl (C=O) groups is 1. The Morgan fingerprint density at radius 3 is 2.42 bits per heavy atom. The monoisotopic (exact) mass is 266 g/mol. The molecule has 3 N–H and O–H groups in total. The molecule has 1 amide bonds. The van der Waals surface area contributed by atoms with Crippen LogP contribution in [0.15, 0.2) is 0 Å². The molecule has 1 rings (SSSR count). The number of nitrogens with two attached hydrogens (primary N) is 1. The van der Waals surface area contributed by atoms with Crippen molar-refractivity contribution < 1.29 is 4.79 Å². The van der Waals surface area contributed by atoms with Gasteiger partial charge in [-0.15, -0.1) is 0 Å². The highest BCUT2D eigenvalue weighted by Crippen LogP contribution is 2.17. The zero-order valence-electron chi connectivity index (χ0n) is 12.9. The quantitative estimate of drug-likeness (QED) is 0.856. The molecular formula is C14H26N4O. The Morgan fingerprint density at radius 1 is 1.42 bits per heavy atom. The summed E-state index contributed by atoms with van der Waals surface area (Å²) in [5, 5.41) is 7.26. The van der Waals surface area contributed by atoms with Crippen LogP contribution in [0, 0.1) is 19.3 Å². The summed E-state index contributed by atoms with van der Waals surface area (Å²) in [6.45, 7) is 10.5. The smallest absolute Gasteiger partial charge is 0.237 e. The van der Waals surface area contributed by atoms with Gasteiger partial charge in [0, 0.05) is 19.3 Å². The van der Waals surface area contributed by atoms with Crippen LogP contribution in [0.1, 0.15) is 37.7 Å². The summed E-state index contributed by atoms with van der Waals surface area (Å²) in [7, 11) is 1.93. The average Bonchev–Trinajstić information content (AvgIpc) is 2.53. The molecule has 0 radical (unpaired) electrons. The molecule has 1 aromatic heterocycles. The molecular weight excluding hydrogens is 240 g/mol. The van der Waals surface area contributed by atoms with E-state index in [1.165, 1.54) is 5.56 Å². The summed E-state index contributed by atoms with van der Waals surface area (Å²) >= 11 is 0. The summed E-state index contributed by atoms with van der Waals surface area (Å²) in [6.07, 6.45) is 0.786. The van der Waals surface area contributed by atoms with Gasteiger partial charge in [-0.25, -0.2) is 0 Å². The molecule has 0 fully saturated rings. The topological polar surface area (TPSA) is 72.9 Å². The van der Waals surface area contributed by atoms with E-state index in [4.69, 9.17) is 5.73 Å². The summed E-state index contributed by atoms with van der Waals surface area (Å²) in [6, 6.07) is -0.483. The van der Waals surface area contributed by atoms with E-state index in [0.29, 0.717) is 6.54 Å². The maximum Gasteiger partial charge on any atom is 0.237 e. The molecule has 5 nitrogen and oxygen atoms in total. The minimum absolute atomic E-state index is 0.0910. The van der Waals surface area contributed by atoms with Gasteiger partial charge < -0.3 is 11.1 Å². The minimum atomic E-state index is -0.483. The highest BCUT2D eigenvalue weighted by molar-refractivity contribution is 5.82. The standard InChI is InChI=1S/C14H26N4O/c1-9-11(10(2)18(6)17-9)7-8-16-13(19)12(15)14(3,4)5/h12H,7-8,15H2,1-6H3,(H,16,19)/t12-/m1/s1. The second kappa shape index (κ2) is 5.74. The lowest BCUT2D eigenvalue weighted by molar-refractivity contribution is -0.124. The van der Waals surface area contributed by atoms with E-state index in [1.54, 1.807) is 0 Å². The first-order chi connectivity index (χ1) is 8.64. The molecule has 0 aliphatic heterocycles. The Morgan fingerprint density at radius 2 is 2.00 bits per heavy atom. The number of amides is 1. The lowest BCUT2D eigenvalue weighted by atomic mass is 9.87. The predicted molar refractivity (Wildman–Crippen MR) is 76.8 cm³/mol. The lowest BCUT2D eigenvalue weighted by Crippen LogP contribution is -2.49. The van der Waals surface area contributed by atoms with Gasteiger partial charge in [0.15, 0.2) is 0 Å². The number of rotatable bonds is 4. The first-order valence-corrected chi connectivity index (χ1v) is 6.67. The van der Waals surface area contributed by atoms with E-state index >= 15 is 0 Å². The number of aromatic nitrogens is 2. The number of hydrogen-bond acceptors (Lipinski definition) is 3. The van der Waals surface area contributed by atoms with Gasteiger partial charge in [0.05, 0.1) is 11.7 Å². The largest absolute Gasteiger partial charge is 0.354 e. The molecule has 0 bridgehead atoms. The zero-order valence-corrected chi connectivity index (χ0v) is 12.9. The molecule has 0 aliphatic carbocycles. The molecule has 5 heteroatoms. The number of aryl methyl sites for hydroxylation is 2. The van der Waals surface area contributed by atoms with Crippen LogP contribution in [-0.2, 0) is 18.3 Å². The number of nitrogens with zero attached hydrogens (tertiary/aromatic N) is 2. The Bertz CT molecular complexity index is 457. The number of carbonyl (C=O) groups excluding carboxylic acids is 1. The molecule has 0 unspecified atom stereocenters. The zero-order chi connectivity index (χ0) is 14.8. The van der Waals surface area contributed by atoms with Crippen molar-refractivity contribution in [3.63, 3.8) is 0 Å². The molecule has 108 valence electrons. The van der Waals surface area contributed by atoms with Crippen molar-refractivity contribution >= 4 is 5.91 Å². The van der Waals surface area contributed by atoms with Crippen molar-refractivity contribution in [3.05, 3.63) is 17.0 Å². The molecule has 0 aliphatic rings. The molecule has 0 saturated carbocycles. The van der Waals surface area contributed by atoms with Gasteiger partial charge in [0.25, 0.3) is 0 Å². The van der Waals surface area contributed by atoms with E-state index in [9.17, 15) is 4.79 Å². The number of nitrogens with one attached hydrogen (secondary N) is 1. The Hall–Kier alpha value is -1.36. The van der Waals surface area contributed by atoms with E-state index in [-0.39, 0.29) is 11.3 Å². The van der Waals surface area contributed by atoms with Gasteiger partial charge in [-0.05, 0) is 31.2 Å². The second-order valence-electron chi connectivity index (χ2n) is 6.16. The lowest BCUT2D eigenvalue weighted by Gasteiger charge is -2.25. The Balaban J connectivity index is 2.53. The van der Waals surface area contributed by atoms with Crippen molar-refractivity contribution in [1.29, 1.82) is 0 Å². The van der Waals surface area contributed by atoms with Gasteiger partial charge in [-0.2, -0.15) is 5.10 Å². The summed E-state index contributed by atoms with van der Waals surface area (Å²) in [4.78, 5) is 11.9. The van der Waals surface area contributed by atoms with Crippen LogP contribution in [0.3, 0.4) is 0 Å². The molecule has 0 saturated heterocycles. The Kier molecular flexibility index (Phi) is 4.74. The van der Waals surface area contributed by atoms with Gasteiger partial charge in [0.2, 0.25) is 5.91 Å². The molecule has 19 heavy (non-hydrogen) atoms. The van der Waals surface area contributed by atoms with Crippen LogP contribution in [0.4, 0.5) is 0 Å². The third kappa shape index (κ3) is 3.80. The van der Waals surface area contributed by atoms with Crippen molar-refractivity contribution in [2.45, 2.75) is 47.1 Å². The van der Waals surface area contributed by atoms with Gasteiger partial charge in [-0.1, -0.05) is 20.8 Å². The van der Waals surface area contributed by atoms with E-state index in [2.05, 4.69) is 10.4 Å². The molecule has 1 heterocycles. The van der Waals surface area contributed by atoms with Crippen LogP contribution in [0.5, 0.6) is 0 Å². The molecule has 0 aromatic carbocycles. The summed E-state index contributed by atoms with van der Waals surface area (Å²) in [5.74, 6) is -0.0910. The summed E-state index contributed by atoms with van der Waals surface area (Å²) in [5.41, 5.74) is 9.06. The first kappa shape index (κ1) is 15.7. The van der Waals surface area contributed by atoms with Gasteiger partial charge in [0.1, 0.15) is 0 Å². The Labute approximate surface area is 115 Å². The van der Waals surface area contributed by atoms with Crippen molar-refractivity contribution in [1.82, 2.24) is 15.1 Å². The fourth-order valence-corrected chi connectivity index (χ4v) is 1.99. The van der Waals surface area contributed by atoms with E-state index < -0.39 is 6.04 Å². The van der Waals surface area contributed by atoms with Crippen LogP contribution >= 0.6 is 0 Å². The van der Waals surface area contributed by atoms with E-state index in [0.717, 1.165) is 17.8 Å². The third-order valence-electron chi connectivity index (χ3n) is 3.55. The van der Waals surface area contributed by atoms with Crippen molar-refractivity contribution in [2.75, 3.05) is 6.54 Å². The molecule has 1 atom stereocenters. The maximum absolute atomic E-state index is 11.9. The predicted octanol–water partition coefficient (Wildman–Crippen LogP) is 1.07. The van der Waals surface area contributed by atoms with Crippen molar-refractivity contribution in [2.24, 2.45) is 18.2 Å². The van der Waals surface area contributed by atoms with Crippen molar-refractivity contribution in [3.8, 4) is 0 Å². The molecule has 0 spiro atoms. The summed E-state index contributed by atoms with van der Waals surface area (Å²) < 4.78 is 1.87. The van der Waals surface area contributed by atoms with Gasteiger partial charge in [-0.3, -0.25) is 9.48 Å². The van der Waals surface area contributed by atoms with Crippen LogP contribution in [-0.4, -0.2) is 28.3 Å². The number of hydrogen-bond donors (Lipinski definition) is 2. The van der Waals surface area contributed by atoms with Crippen LogP contribution in [0.2, 0.25) is 0 Å². The van der Waals surface area contributed by atoms with Gasteiger partial charge >= 0.3 is 0 Å². The highest BCUT2D eigenvalue weighted by atomic mass is 16.2. The third-order valence-corrected chi connectivity index (χ3v) is 3.55. The second-order valence-corrected chi connectivity index (χ2v) is 6.16. The van der Waals surface area contributed by atoms with E-state index in [1.807, 2.05) is 46.3 Å². The minimum Gasteiger partial charge on any atom is -0.354 e. The maximum atomic E-state index is 11.9.